The molecular formula is C10H14N2O2. The van der Waals surface area contributed by atoms with Crippen molar-refractivity contribution in [1.29, 1.82) is 0 Å². The summed E-state index contributed by atoms with van der Waals surface area (Å²) in [7, 11) is 0. The number of nitrogen functional groups attached to an aromatic ring is 1. The summed E-state index contributed by atoms with van der Waals surface area (Å²) >= 11 is 0. The standard InChI is InChI=1S/C10H14N2O2/c1-2-3-7-14-10(13)8-5-4-6-9(11)12-8/h4-6H,2-3,7H2,1H3,(H2,11,12). The van der Waals surface area contributed by atoms with Gasteiger partial charge in [0.15, 0.2) is 5.69 Å². The van der Waals surface area contributed by atoms with Crippen molar-refractivity contribution in [3.8, 4) is 0 Å². The Kier molecular flexibility index (Phi) is 3.91. The van der Waals surface area contributed by atoms with Gasteiger partial charge in [0.25, 0.3) is 0 Å². The van der Waals surface area contributed by atoms with Gasteiger partial charge in [0.05, 0.1) is 6.61 Å². The first-order valence-electron chi connectivity index (χ1n) is 4.63. The lowest BCUT2D eigenvalue weighted by Gasteiger charge is -2.02. The van der Waals surface area contributed by atoms with Crippen molar-refractivity contribution >= 4 is 11.8 Å². The number of nitrogens with zero attached hydrogens (tertiary/aromatic N) is 1. The number of carbonyl (C=O) groups excluding carboxylic acids is 1. The molecule has 0 radical (unpaired) electrons. The van der Waals surface area contributed by atoms with Gasteiger partial charge in [0.1, 0.15) is 5.82 Å². The van der Waals surface area contributed by atoms with Gasteiger partial charge in [-0.1, -0.05) is 19.4 Å². The van der Waals surface area contributed by atoms with E-state index >= 15 is 0 Å². The van der Waals surface area contributed by atoms with E-state index in [0.717, 1.165) is 12.8 Å². The number of unbranched alkanes of at least 4 members (excludes halogenated alkanes) is 1. The number of hydrogen-bond donors (Lipinski definition) is 1. The number of aromatic nitrogens is 1. The zero-order chi connectivity index (χ0) is 10.4. The molecule has 14 heavy (non-hydrogen) atoms. The minimum Gasteiger partial charge on any atom is -0.461 e. The van der Waals surface area contributed by atoms with Crippen molar-refractivity contribution in [2.45, 2.75) is 19.8 Å². The molecule has 0 aliphatic rings. The van der Waals surface area contributed by atoms with E-state index < -0.39 is 5.97 Å². The fraction of sp³-hybridized carbons (Fsp3) is 0.400. The lowest BCUT2D eigenvalue weighted by Crippen LogP contribution is -2.09. The molecule has 0 amide bonds. The van der Waals surface area contributed by atoms with Crippen LogP contribution in [0.4, 0.5) is 5.82 Å². The van der Waals surface area contributed by atoms with E-state index in [2.05, 4.69) is 4.98 Å². The summed E-state index contributed by atoms with van der Waals surface area (Å²) in [6.07, 6.45) is 1.87. The van der Waals surface area contributed by atoms with Crippen LogP contribution in [0.15, 0.2) is 18.2 Å². The number of pyridine rings is 1. The lowest BCUT2D eigenvalue weighted by atomic mass is 10.3. The number of carbonyl (C=O) groups is 1. The summed E-state index contributed by atoms with van der Waals surface area (Å²) in [5.41, 5.74) is 5.70. The first kappa shape index (κ1) is 10.5. The highest BCUT2D eigenvalue weighted by Gasteiger charge is 2.07. The predicted molar refractivity (Wildman–Crippen MR) is 53.8 cm³/mol. The zero-order valence-corrected chi connectivity index (χ0v) is 8.19. The molecular weight excluding hydrogens is 180 g/mol. The van der Waals surface area contributed by atoms with E-state index in [0.29, 0.717) is 12.4 Å². The smallest absolute Gasteiger partial charge is 0.357 e. The fourth-order valence-corrected chi connectivity index (χ4v) is 0.948. The van der Waals surface area contributed by atoms with Crippen LogP contribution in [0.1, 0.15) is 30.3 Å². The Balaban J connectivity index is 2.52. The molecule has 1 aromatic heterocycles. The Hall–Kier alpha value is -1.58. The second-order valence-electron chi connectivity index (χ2n) is 2.94. The quantitative estimate of drug-likeness (QED) is 0.584. The molecule has 0 spiro atoms. The van der Waals surface area contributed by atoms with Crippen molar-refractivity contribution in [3.63, 3.8) is 0 Å². The van der Waals surface area contributed by atoms with Crippen LogP contribution in [0.3, 0.4) is 0 Å². The predicted octanol–water partition coefficient (Wildman–Crippen LogP) is 1.62. The highest BCUT2D eigenvalue weighted by molar-refractivity contribution is 5.87. The highest BCUT2D eigenvalue weighted by atomic mass is 16.5. The Morgan fingerprint density at radius 2 is 2.36 bits per heavy atom. The number of ether oxygens (including phenoxy) is 1. The van der Waals surface area contributed by atoms with Crippen LogP contribution in [0.5, 0.6) is 0 Å². The van der Waals surface area contributed by atoms with Crippen LogP contribution < -0.4 is 5.73 Å². The van der Waals surface area contributed by atoms with Gasteiger partial charge in [-0.15, -0.1) is 0 Å². The molecule has 1 rings (SSSR count). The number of hydrogen-bond acceptors (Lipinski definition) is 4. The molecule has 1 heterocycles. The van der Waals surface area contributed by atoms with Gasteiger partial charge >= 0.3 is 5.97 Å². The SMILES string of the molecule is CCCCOC(=O)c1cccc(N)n1. The van der Waals surface area contributed by atoms with Crippen LogP contribution in [-0.4, -0.2) is 17.6 Å². The van der Waals surface area contributed by atoms with E-state index in [-0.39, 0.29) is 5.69 Å². The minimum absolute atomic E-state index is 0.265. The highest BCUT2D eigenvalue weighted by Crippen LogP contribution is 2.02. The van der Waals surface area contributed by atoms with Gasteiger partial charge in [-0.25, -0.2) is 9.78 Å². The van der Waals surface area contributed by atoms with Crippen LogP contribution >= 0.6 is 0 Å². The maximum Gasteiger partial charge on any atom is 0.357 e. The van der Waals surface area contributed by atoms with E-state index in [1.54, 1.807) is 18.2 Å². The molecule has 0 aliphatic heterocycles. The third-order valence-electron chi connectivity index (χ3n) is 1.71. The third kappa shape index (κ3) is 3.05. The van der Waals surface area contributed by atoms with Crippen molar-refractivity contribution < 1.29 is 9.53 Å². The molecule has 0 bridgehead atoms. The van der Waals surface area contributed by atoms with Gasteiger partial charge in [0.2, 0.25) is 0 Å². The topological polar surface area (TPSA) is 65.2 Å². The Labute approximate surface area is 83.1 Å². The summed E-state index contributed by atoms with van der Waals surface area (Å²) in [4.78, 5) is 15.2. The summed E-state index contributed by atoms with van der Waals surface area (Å²) in [6, 6.07) is 4.90. The number of esters is 1. The molecule has 0 saturated heterocycles. The van der Waals surface area contributed by atoms with Crippen molar-refractivity contribution in [2.75, 3.05) is 12.3 Å². The van der Waals surface area contributed by atoms with E-state index in [1.165, 1.54) is 0 Å². The molecule has 0 saturated carbocycles. The van der Waals surface area contributed by atoms with Gasteiger partial charge < -0.3 is 10.5 Å². The average molecular weight is 194 g/mol. The van der Waals surface area contributed by atoms with Crippen molar-refractivity contribution in [3.05, 3.63) is 23.9 Å². The van der Waals surface area contributed by atoms with Crippen LogP contribution in [0, 0.1) is 0 Å². The van der Waals surface area contributed by atoms with Gasteiger partial charge in [-0.3, -0.25) is 0 Å². The largest absolute Gasteiger partial charge is 0.461 e. The molecule has 0 unspecified atom stereocenters. The monoisotopic (exact) mass is 194 g/mol. The normalized spacial score (nSPS) is 9.79. The maximum absolute atomic E-state index is 11.3. The Morgan fingerprint density at radius 1 is 1.57 bits per heavy atom. The summed E-state index contributed by atoms with van der Waals surface area (Å²) < 4.78 is 4.97. The molecule has 0 aliphatic carbocycles. The second-order valence-corrected chi connectivity index (χ2v) is 2.94. The molecule has 0 aromatic carbocycles. The first-order chi connectivity index (χ1) is 6.74. The Bertz CT molecular complexity index is 313. The first-order valence-corrected chi connectivity index (χ1v) is 4.63. The van der Waals surface area contributed by atoms with Crippen molar-refractivity contribution in [2.24, 2.45) is 0 Å². The van der Waals surface area contributed by atoms with Gasteiger partial charge in [-0.05, 0) is 18.6 Å². The number of nitrogens with two attached hydrogens (primary N) is 1. The molecule has 1 aromatic rings. The summed E-state index contributed by atoms with van der Waals surface area (Å²) in [5, 5.41) is 0. The molecule has 2 N–H and O–H groups in total. The zero-order valence-electron chi connectivity index (χ0n) is 8.19. The molecule has 0 atom stereocenters. The van der Waals surface area contributed by atoms with E-state index in [4.69, 9.17) is 10.5 Å². The van der Waals surface area contributed by atoms with Gasteiger partial charge in [-0.2, -0.15) is 0 Å². The van der Waals surface area contributed by atoms with Crippen LogP contribution in [0.25, 0.3) is 0 Å². The van der Waals surface area contributed by atoms with E-state index in [1.807, 2.05) is 6.92 Å². The Morgan fingerprint density at radius 3 is 3.00 bits per heavy atom. The maximum atomic E-state index is 11.3. The van der Waals surface area contributed by atoms with Crippen LogP contribution in [0.2, 0.25) is 0 Å². The number of rotatable bonds is 4. The molecule has 0 fully saturated rings. The second kappa shape index (κ2) is 5.21. The van der Waals surface area contributed by atoms with E-state index in [9.17, 15) is 4.79 Å². The number of anilines is 1. The third-order valence-corrected chi connectivity index (χ3v) is 1.71. The molecule has 4 nitrogen and oxygen atoms in total. The summed E-state index contributed by atoms with van der Waals surface area (Å²) in [6.45, 7) is 2.47. The fourth-order valence-electron chi connectivity index (χ4n) is 0.948. The minimum atomic E-state index is -0.411. The summed E-state index contributed by atoms with van der Waals surface area (Å²) in [5.74, 6) is -0.0827. The molecule has 4 heteroatoms. The lowest BCUT2D eigenvalue weighted by molar-refractivity contribution is 0.0493. The van der Waals surface area contributed by atoms with Crippen molar-refractivity contribution in [1.82, 2.24) is 4.98 Å². The van der Waals surface area contributed by atoms with Crippen LogP contribution in [-0.2, 0) is 4.74 Å². The average Bonchev–Trinajstić information content (AvgIpc) is 2.18. The van der Waals surface area contributed by atoms with Gasteiger partial charge in [0, 0.05) is 0 Å². The molecule has 76 valence electrons.